The van der Waals surface area contributed by atoms with Crippen LogP contribution in [0.3, 0.4) is 0 Å². The number of ether oxygens (including phenoxy) is 2. The molecule has 5 nitrogen and oxygen atoms in total. The second-order valence-electron chi connectivity index (χ2n) is 5.40. The first-order valence-corrected chi connectivity index (χ1v) is 8.70. The summed E-state index contributed by atoms with van der Waals surface area (Å²) in [5, 5.41) is 0. The molecule has 0 radical (unpaired) electrons. The van der Waals surface area contributed by atoms with Gasteiger partial charge in [-0.25, -0.2) is 8.42 Å². The first kappa shape index (κ1) is 17.1. The average molecular weight is 335 g/mol. The van der Waals surface area contributed by atoms with Crippen molar-refractivity contribution >= 4 is 15.7 Å². The Balaban J connectivity index is 2.32. The maximum Gasteiger partial charge on any atom is 0.262 e. The normalized spacial score (nSPS) is 11.3. The lowest BCUT2D eigenvalue weighted by molar-refractivity contribution is 0.414. The highest BCUT2D eigenvalue weighted by Crippen LogP contribution is 2.30. The lowest BCUT2D eigenvalue weighted by atomic mass is 10.0. The summed E-state index contributed by atoms with van der Waals surface area (Å²) in [6.45, 7) is 4.13. The third-order valence-corrected chi connectivity index (χ3v) is 4.89. The number of rotatable bonds is 6. The van der Waals surface area contributed by atoms with Gasteiger partial charge >= 0.3 is 0 Å². The molecule has 0 bridgehead atoms. The number of hydrogen-bond donors (Lipinski definition) is 1. The molecule has 0 fully saturated rings. The Morgan fingerprint density at radius 1 is 0.957 bits per heavy atom. The summed E-state index contributed by atoms with van der Waals surface area (Å²) in [6.07, 6.45) is 0. The highest BCUT2D eigenvalue weighted by molar-refractivity contribution is 7.92. The molecule has 0 saturated heterocycles. The van der Waals surface area contributed by atoms with Gasteiger partial charge in [-0.2, -0.15) is 0 Å². The van der Waals surface area contributed by atoms with Crippen LogP contribution in [-0.4, -0.2) is 22.6 Å². The first-order chi connectivity index (χ1) is 10.9. The minimum Gasteiger partial charge on any atom is -0.497 e. The molecule has 23 heavy (non-hydrogen) atoms. The van der Waals surface area contributed by atoms with Gasteiger partial charge in [0.2, 0.25) is 0 Å². The number of benzene rings is 2. The molecule has 2 aromatic carbocycles. The Kier molecular flexibility index (Phi) is 5.15. The third kappa shape index (κ3) is 3.96. The van der Waals surface area contributed by atoms with Crippen molar-refractivity contribution in [2.45, 2.75) is 24.7 Å². The van der Waals surface area contributed by atoms with E-state index >= 15 is 0 Å². The van der Waals surface area contributed by atoms with E-state index in [1.807, 2.05) is 12.1 Å². The van der Waals surface area contributed by atoms with Gasteiger partial charge in [0.1, 0.15) is 11.5 Å². The largest absolute Gasteiger partial charge is 0.497 e. The van der Waals surface area contributed by atoms with Gasteiger partial charge in [-0.05, 0) is 47.9 Å². The fraction of sp³-hybridized carbons (Fsp3) is 0.294. The van der Waals surface area contributed by atoms with Crippen molar-refractivity contribution in [1.82, 2.24) is 0 Å². The Bertz CT molecular complexity index is 768. The Labute approximate surface area is 137 Å². The first-order valence-electron chi connectivity index (χ1n) is 7.22. The number of anilines is 1. The van der Waals surface area contributed by atoms with Crippen molar-refractivity contribution in [1.29, 1.82) is 0 Å². The van der Waals surface area contributed by atoms with E-state index in [2.05, 4.69) is 18.6 Å². The summed E-state index contributed by atoms with van der Waals surface area (Å²) >= 11 is 0. The van der Waals surface area contributed by atoms with Gasteiger partial charge in [0.15, 0.2) is 0 Å². The molecule has 0 unspecified atom stereocenters. The zero-order chi connectivity index (χ0) is 17.0. The molecule has 0 amide bonds. The fourth-order valence-corrected chi connectivity index (χ4v) is 3.18. The van der Waals surface area contributed by atoms with E-state index in [1.54, 1.807) is 18.2 Å². The van der Waals surface area contributed by atoms with Crippen molar-refractivity contribution < 1.29 is 17.9 Å². The van der Waals surface area contributed by atoms with Gasteiger partial charge in [0, 0.05) is 0 Å². The van der Waals surface area contributed by atoms with E-state index in [1.165, 1.54) is 26.4 Å². The molecule has 2 rings (SSSR count). The van der Waals surface area contributed by atoms with E-state index in [-0.39, 0.29) is 4.90 Å². The van der Waals surface area contributed by atoms with E-state index in [4.69, 9.17) is 9.47 Å². The number of sulfonamides is 1. The predicted octanol–water partition coefficient (Wildman–Crippen LogP) is 3.63. The lowest BCUT2D eigenvalue weighted by Crippen LogP contribution is -2.13. The number of methoxy groups -OCH3 is 2. The van der Waals surface area contributed by atoms with Crippen LogP contribution in [0.5, 0.6) is 11.5 Å². The average Bonchev–Trinajstić information content (AvgIpc) is 2.54. The molecule has 0 aromatic heterocycles. The van der Waals surface area contributed by atoms with E-state index < -0.39 is 10.0 Å². The van der Waals surface area contributed by atoms with E-state index in [0.29, 0.717) is 23.1 Å². The third-order valence-electron chi connectivity index (χ3n) is 3.51. The van der Waals surface area contributed by atoms with Crippen LogP contribution in [0.1, 0.15) is 25.3 Å². The summed E-state index contributed by atoms with van der Waals surface area (Å²) < 4.78 is 37.9. The number of hydrogen-bond acceptors (Lipinski definition) is 4. The van der Waals surface area contributed by atoms with Crippen LogP contribution in [0.4, 0.5) is 5.69 Å². The fourth-order valence-electron chi connectivity index (χ4n) is 2.11. The second-order valence-corrected chi connectivity index (χ2v) is 7.08. The molecular formula is C17H21NO4S. The van der Waals surface area contributed by atoms with Crippen molar-refractivity contribution in [3.63, 3.8) is 0 Å². The zero-order valence-corrected chi connectivity index (χ0v) is 14.5. The highest BCUT2D eigenvalue weighted by atomic mass is 32.2. The second kappa shape index (κ2) is 6.91. The van der Waals surface area contributed by atoms with Crippen LogP contribution < -0.4 is 14.2 Å². The monoisotopic (exact) mass is 335 g/mol. The summed E-state index contributed by atoms with van der Waals surface area (Å²) in [5.74, 6) is 1.42. The zero-order valence-electron chi connectivity index (χ0n) is 13.7. The van der Waals surface area contributed by atoms with Gasteiger partial charge in [-0.15, -0.1) is 0 Å². The van der Waals surface area contributed by atoms with Crippen molar-refractivity contribution in [2.75, 3.05) is 18.9 Å². The van der Waals surface area contributed by atoms with Gasteiger partial charge in [0.05, 0.1) is 24.8 Å². The summed E-state index contributed by atoms with van der Waals surface area (Å²) in [7, 11) is -0.640. The Morgan fingerprint density at radius 3 is 2.13 bits per heavy atom. The quantitative estimate of drug-likeness (QED) is 0.875. The SMILES string of the molecule is COc1ccc(S(=O)(=O)Nc2ccc(C(C)C)cc2OC)cc1. The van der Waals surface area contributed by atoms with Gasteiger partial charge in [-0.3, -0.25) is 4.72 Å². The van der Waals surface area contributed by atoms with Crippen LogP contribution in [-0.2, 0) is 10.0 Å². The molecule has 0 heterocycles. The topological polar surface area (TPSA) is 64.6 Å². The predicted molar refractivity (Wildman–Crippen MR) is 90.9 cm³/mol. The molecule has 0 atom stereocenters. The summed E-state index contributed by atoms with van der Waals surface area (Å²) in [6, 6.07) is 11.7. The number of nitrogens with one attached hydrogen (secondary N) is 1. The highest BCUT2D eigenvalue weighted by Gasteiger charge is 2.17. The molecular weight excluding hydrogens is 314 g/mol. The van der Waals surface area contributed by atoms with E-state index in [9.17, 15) is 8.42 Å². The molecule has 6 heteroatoms. The molecule has 0 spiro atoms. The smallest absolute Gasteiger partial charge is 0.262 e. The molecule has 2 aromatic rings. The molecule has 0 aliphatic heterocycles. The van der Waals surface area contributed by atoms with Crippen molar-refractivity contribution in [2.24, 2.45) is 0 Å². The summed E-state index contributed by atoms with van der Waals surface area (Å²) in [4.78, 5) is 0.160. The van der Waals surface area contributed by atoms with Crippen LogP contribution in [0.2, 0.25) is 0 Å². The van der Waals surface area contributed by atoms with Crippen LogP contribution in [0.15, 0.2) is 47.4 Å². The van der Waals surface area contributed by atoms with Gasteiger partial charge in [0.25, 0.3) is 10.0 Å². The van der Waals surface area contributed by atoms with Gasteiger partial charge in [-0.1, -0.05) is 19.9 Å². The maximum atomic E-state index is 12.5. The van der Waals surface area contributed by atoms with Crippen LogP contribution in [0.25, 0.3) is 0 Å². The lowest BCUT2D eigenvalue weighted by Gasteiger charge is -2.14. The van der Waals surface area contributed by atoms with Gasteiger partial charge < -0.3 is 9.47 Å². The minimum absolute atomic E-state index is 0.160. The standard InChI is InChI=1S/C17H21NO4S/c1-12(2)13-5-10-16(17(11-13)22-4)18-23(19,20)15-8-6-14(21-3)7-9-15/h5-12,18H,1-4H3. The Morgan fingerprint density at radius 2 is 1.61 bits per heavy atom. The molecule has 0 aliphatic carbocycles. The van der Waals surface area contributed by atoms with Crippen LogP contribution >= 0.6 is 0 Å². The molecule has 1 N–H and O–H groups in total. The molecule has 0 saturated carbocycles. The molecule has 0 aliphatic rings. The Hall–Kier alpha value is -2.21. The van der Waals surface area contributed by atoms with E-state index in [0.717, 1.165) is 5.56 Å². The summed E-state index contributed by atoms with van der Waals surface area (Å²) in [5.41, 5.74) is 1.49. The van der Waals surface area contributed by atoms with Crippen molar-refractivity contribution in [3.8, 4) is 11.5 Å². The van der Waals surface area contributed by atoms with Crippen LogP contribution in [0, 0.1) is 0 Å². The van der Waals surface area contributed by atoms with Crippen molar-refractivity contribution in [3.05, 3.63) is 48.0 Å². The maximum absolute atomic E-state index is 12.5. The molecule has 124 valence electrons. The minimum atomic E-state index is -3.69.